The van der Waals surface area contributed by atoms with Gasteiger partial charge in [-0.3, -0.25) is 0 Å². The maximum Gasteiger partial charge on any atom is 0.0921 e. The molecule has 1 heterocycles. The predicted molar refractivity (Wildman–Crippen MR) is 72.8 cm³/mol. The monoisotopic (exact) mass is 302 g/mol. The highest BCUT2D eigenvalue weighted by atomic mass is 79.9. The van der Waals surface area contributed by atoms with Crippen LogP contribution in [-0.4, -0.2) is 5.11 Å². The van der Waals surface area contributed by atoms with Crippen LogP contribution in [0.4, 0.5) is 0 Å². The zero-order valence-corrected chi connectivity index (χ0v) is 12.9. The van der Waals surface area contributed by atoms with Crippen LogP contribution in [0.25, 0.3) is 0 Å². The second kappa shape index (κ2) is 3.56. The van der Waals surface area contributed by atoms with E-state index in [1.807, 2.05) is 0 Å². The minimum atomic E-state index is -0.319. The third-order valence-corrected chi connectivity index (χ3v) is 6.82. The number of hydrogen-bond donors (Lipinski definition) is 1. The van der Waals surface area contributed by atoms with Gasteiger partial charge in [-0.2, -0.15) is 0 Å². The van der Waals surface area contributed by atoms with Crippen molar-refractivity contribution in [3.8, 4) is 0 Å². The molecule has 90 valence electrons. The first kappa shape index (κ1) is 12.6. The molecule has 0 spiro atoms. The standard InChI is InChI=1S/C13H19BrOS/c1-7-6-8(16-11(7)14)9(15)10-12(2,3)13(10,4)5/h6,9-10,15H,1-5H3. The number of halogens is 1. The normalized spacial score (nSPS) is 24.4. The average molecular weight is 303 g/mol. The summed E-state index contributed by atoms with van der Waals surface area (Å²) in [5, 5.41) is 10.5. The molecule has 0 bridgehead atoms. The lowest BCUT2D eigenvalue weighted by Crippen LogP contribution is -2.03. The molecule has 2 rings (SSSR count). The van der Waals surface area contributed by atoms with Crippen molar-refractivity contribution >= 4 is 27.3 Å². The summed E-state index contributed by atoms with van der Waals surface area (Å²) in [6.07, 6.45) is -0.319. The Bertz CT molecular complexity index is 386. The fraction of sp³-hybridized carbons (Fsp3) is 0.692. The van der Waals surface area contributed by atoms with Crippen molar-refractivity contribution in [2.45, 2.75) is 40.7 Å². The van der Waals surface area contributed by atoms with Crippen LogP contribution in [0.1, 0.15) is 44.2 Å². The maximum atomic E-state index is 10.5. The molecule has 16 heavy (non-hydrogen) atoms. The highest BCUT2D eigenvalue weighted by molar-refractivity contribution is 9.11. The van der Waals surface area contributed by atoms with Gasteiger partial charge in [-0.05, 0) is 45.3 Å². The summed E-state index contributed by atoms with van der Waals surface area (Å²) < 4.78 is 1.14. The van der Waals surface area contributed by atoms with Crippen molar-refractivity contribution in [3.05, 3.63) is 20.3 Å². The highest BCUT2D eigenvalue weighted by Crippen LogP contribution is 2.72. The molecule has 0 aromatic carbocycles. The summed E-state index contributed by atoms with van der Waals surface area (Å²) in [7, 11) is 0. The Hall–Kier alpha value is 0.140. The topological polar surface area (TPSA) is 20.2 Å². The SMILES string of the molecule is Cc1cc(C(O)C2C(C)(C)C2(C)C)sc1Br. The Morgan fingerprint density at radius 1 is 1.31 bits per heavy atom. The van der Waals surface area contributed by atoms with Gasteiger partial charge in [0.1, 0.15) is 0 Å². The molecule has 1 N–H and O–H groups in total. The molecule has 3 heteroatoms. The number of rotatable bonds is 2. The zero-order valence-electron chi connectivity index (χ0n) is 10.5. The molecule has 1 aliphatic rings. The molecule has 1 nitrogen and oxygen atoms in total. The van der Waals surface area contributed by atoms with E-state index in [0.29, 0.717) is 5.92 Å². The van der Waals surface area contributed by atoms with E-state index in [4.69, 9.17) is 0 Å². The van der Waals surface area contributed by atoms with Gasteiger partial charge in [-0.15, -0.1) is 11.3 Å². The summed E-state index contributed by atoms with van der Waals surface area (Å²) in [5.41, 5.74) is 1.68. The van der Waals surface area contributed by atoms with E-state index in [1.54, 1.807) is 11.3 Å². The van der Waals surface area contributed by atoms with Crippen LogP contribution in [0.5, 0.6) is 0 Å². The van der Waals surface area contributed by atoms with Crippen molar-refractivity contribution in [1.29, 1.82) is 0 Å². The molecule has 1 atom stereocenters. The Labute approximate surface area is 110 Å². The summed E-state index contributed by atoms with van der Waals surface area (Å²) in [5.74, 6) is 0.366. The third-order valence-electron chi connectivity index (χ3n) is 4.62. The van der Waals surface area contributed by atoms with E-state index in [0.717, 1.165) is 8.66 Å². The van der Waals surface area contributed by atoms with Crippen LogP contribution in [-0.2, 0) is 0 Å². The smallest absolute Gasteiger partial charge is 0.0921 e. The fourth-order valence-corrected chi connectivity index (χ4v) is 4.42. The Morgan fingerprint density at radius 2 is 1.81 bits per heavy atom. The number of aryl methyl sites for hydroxylation is 1. The Morgan fingerprint density at radius 3 is 2.12 bits per heavy atom. The van der Waals surface area contributed by atoms with Gasteiger partial charge in [0.25, 0.3) is 0 Å². The molecule has 1 fully saturated rings. The first-order chi connectivity index (χ1) is 7.19. The van der Waals surface area contributed by atoms with Crippen LogP contribution in [0.15, 0.2) is 9.85 Å². The summed E-state index contributed by atoms with van der Waals surface area (Å²) in [6.45, 7) is 11.1. The van der Waals surface area contributed by atoms with E-state index in [1.165, 1.54) is 5.56 Å². The van der Waals surface area contributed by atoms with Crippen molar-refractivity contribution in [2.24, 2.45) is 16.7 Å². The Kier molecular flexibility index (Phi) is 2.81. The van der Waals surface area contributed by atoms with Gasteiger partial charge in [0.15, 0.2) is 0 Å². The number of thiophene rings is 1. The van der Waals surface area contributed by atoms with Gasteiger partial charge in [-0.1, -0.05) is 27.7 Å². The first-order valence-corrected chi connectivity index (χ1v) is 7.24. The van der Waals surface area contributed by atoms with Gasteiger partial charge >= 0.3 is 0 Å². The van der Waals surface area contributed by atoms with Gasteiger partial charge < -0.3 is 5.11 Å². The van der Waals surface area contributed by atoms with Crippen LogP contribution >= 0.6 is 27.3 Å². The van der Waals surface area contributed by atoms with E-state index < -0.39 is 0 Å². The Balaban J connectivity index is 2.25. The van der Waals surface area contributed by atoms with E-state index in [2.05, 4.69) is 56.6 Å². The molecular formula is C13H19BrOS. The highest BCUT2D eigenvalue weighted by Gasteiger charge is 2.67. The second-order valence-electron chi connectivity index (χ2n) is 5.97. The third kappa shape index (κ3) is 1.59. The van der Waals surface area contributed by atoms with Gasteiger partial charge in [0, 0.05) is 10.8 Å². The van der Waals surface area contributed by atoms with Crippen LogP contribution in [0.3, 0.4) is 0 Å². The average Bonchev–Trinajstić information content (AvgIpc) is 2.39. The molecule has 0 saturated heterocycles. The second-order valence-corrected chi connectivity index (χ2v) is 8.37. The lowest BCUT2D eigenvalue weighted by molar-refractivity contribution is 0.134. The first-order valence-electron chi connectivity index (χ1n) is 5.63. The van der Waals surface area contributed by atoms with Crippen molar-refractivity contribution in [2.75, 3.05) is 0 Å². The van der Waals surface area contributed by atoms with Crippen molar-refractivity contribution in [1.82, 2.24) is 0 Å². The molecular weight excluding hydrogens is 284 g/mol. The lowest BCUT2D eigenvalue weighted by Gasteiger charge is -2.10. The van der Waals surface area contributed by atoms with Crippen molar-refractivity contribution in [3.63, 3.8) is 0 Å². The van der Waals surface area contributed by atoms with Crippen molar-refractivity contribution < 1.29 is 5.11 Å². The van der Waals surface area contributed by atoms with E-state index >= 15 is 0 Å². The minimum Gasteiger partial charge on any atom is -0.387 e. The van der Waals surface area contributed by atoms with E-state index in [-0.39, 0.29) is 16.9 Å². The molecule has 1 aromatic rings. The fourth-order valence-electron chi connectivity index (χ4n) is 2.83. The predicted octanol–water partition coefficient (Wildman–Crippen LogP) is 4.53. The van der Waals surface area contributed by atoms with Crippen LogP contribution < -0.4 is 0 Å². The van der Waals surface area contributed by atoms with Gasteiger partial charge in [0.05, 0.1) is 9.89 Å². The van der Waals surface area contributed by atoms with Crippen LogP contribution in [0.2, 0.25) is 0 Å². The number of hydrogen-bond acceptors (Lipinski definition) is 2. The molecule has 1 aromatic heterocycles. The molecule has 0 amide bonds. The summed E-state index contributed by atoms with van der Waals surface area (Å²) in [4.78, 5) is 1.09. The number of aliphatic hydroxyl groups excluding tert-OH is 1. The maximum absolute atomic E-state index is 10.5. The van der Waals surface area contributed by atoms with Gasteiger partial charge in [0.2, 0.25) is 0 Å². The summed E-state index contributed by atoms with van der Waals surface area (Å²) >= 11 is 5.18. The zero-order chi connectivity index (χ0) is 12.3. The molecule has 1 saturated carbocycles. The minimum absolute atomic E-state index is 0.233. The molecule has 1 unspecified atom stereocenters. The largest absolute Gasteiger partial charge is 0.387 e. The quantitative estimate of drug-likeness (QED) is 0.850. The molecule has 0 radical (unpaired) electrons. The van der Waals surface area contributed by atoms with E-state index in [9.17, 15) is 5.11 Å². The molecule has 0 aliphatic heterocycles. The van der Waals surface area contributed by atoms with Crippen LogP contribution in [0, 0.1) is 23.7 Å². The summed E-state index contributed by atoms with van der Waals surface area (Å²) in [6, 6.07) is 2.10. The molecule has 1 aliphatic carbocycles. The lowest BCUT2D eigenvalue weighted by atomic mass is 10.0. The van der Waals surface area contributed by atoms with Gasteiger partial charge in [-0.25, -0.2) is 0 Å². The number of aliphatic hydroxyl groups is 1.